The van der Waals surface area contributed by atoms with E-state index in [2.05, 4.69) is 15.7 Å². The fourth-order valence-corrected chi connectivity index (χ4v) is 4.49. The van der Waals surface area contributed by atoms with E-state index in [-0.39, 0.29) is 18.0 Å². The topological polar surface area (TPSA) is 92.2 Å². The third kappa shape index (κ3) is 4.04. The number of carbonyl (C=O) groups is 2. The molecule has 1 aromatic carbocycles. The number of hydrogen-bond donors (Lipinski definition) is 2. The molecule has 1 aliphatic heterocycles. The summed E-state index contributed by atoms with van der Waals surface area (Å²) in [5.74, 6) is 0.488. The smallest absolute Gasteiger partial charge is 0.319 e. The zero-order chi connectivity index (χ0) is 22.2. The molecule has 3 aromatic rings. The minimum Gasteiger partial charge on any atom is -0.338 e. The largest absolute Gasteiger partial charge is 0.338 e. The molecule has 2 N–H and O–H groups in total. The number of nitrogens with zero attached hydrogens (tertiary/aromatic N) is 4. The number of likely N-dealkylation sites (tertiary alicyclic amines) is 1. The molecule has 0 radical (unpaired) electrons. The lowest BCUT2D eigenvalue weighted by Gasteiger charge is -2.32. The van der Waals surface area contributed by atoms with E-state index in [1.165, 1.54) is 0 Å². The quantitative estimate of drug-likeness (QED) is 0.659. The molecule has 32 heavy (non-hydrogen) atoms. The number of nitrogens with one attached hydrogen (secondary N) is 2. The third-order valence-corrected chi connectivity index (χ3v) is 6.36. The molecular formula is C24H28N6O2. The summed E-state index contributed by atoms with van der Waals surface area (Å²) >= 11 is 0. The van der Waals surface area contributed by atoms with Crippen LogP contribution in [0.25, 0.3) is 11.0 Å². The summed E-state index contributed by atoms with van der Waals surface area (Å²) in [5, 5.41) is 11.2. The molecule has 0 bridgehead atoms. The molecule has 3 amide bonds. The fraction of sp³-hybridized carbons (Fsp3) is 0.417. The van der Waals surface area contributed by atoms with Crippen molar-refractivity contribution in [3.05, 3.63) is 53.3 Å². The van der Waals surface area contributed by atoms with E-state index in [0.29, 0.717) is 24.6 Å². The normalized spacial score (nSPS) is 16.9. The Balaban J connectivity index is 1.27. The van der Waals surface area contributed by atoms with E-state index in [1.807, 2.05) is 55.3 Å². The molecule has 1 saturated carbocycles. The van der Waals surface area contributed by atoms with Crippen molar-refractivity contribution in [2.75, 3.05) is 18.4 Å². The zero-order valence-electron chi connectivity index (χ0n) is 18.5. The van der Waals surface area contributed by atoms with Crippen LogP contribution in [0.15, 0.2) is 36.4 Å². The van der Waals surface area contributed by atoms with Crippen molar-refractivity contribution >= 4 is 28.7 Å². The van der Waals surface area contributed by atoms with Gasteiger partial charge < -0.3 is 15.5 Å². The Hall–Kier alpha value is -3.42. The lowest BCUT2D eigenvalue weighted by molar-refractivity contribution is 0.0710. The summed E-state index contributed by atoms with van der Waals surface area (Å²) in [6.45, 7) is 3.15. The molecule has 2 aliphatic rings. The Kier molecular flexibility index (Phi) is 5.28. The fourth-order valence-electron chi connectivity index (χ4n) is 4.49. The number of urea groups is 1. The minimum absolute atomic E-state index is 0.0302. The van der Waals surface area contributed by atoms with Crippen LogP contribution in [0.4, 0.5) is 10.5 Å². The van der Waals surface area contributed by atoms with Crippen molar-refractivity contribution in [3.63, 3.8) is 0 Å². The second kappa shape index (κ2) is 8.26. The summed E-state index contributed by atoms with van der Waals surface area (Å²) in [5.41, 5.74) is 4.07. The second-order valence-corrected chi connectivity index (χ2v) is 8.81. The van der Waals surface area contributed by atoms with E-state index in [9.17, 15) is 9.59 Å². The highest BCUT2D eigenvalue weighted by Gasteiger charge is 2.31. The Morgan fingerprint density at radius 2 is 1.78 bits per heavy atom. The van der Waals surface area contributed by atoms with Crippen LogP contribution in [0.3, 0.4) is 0 Å². The van der Waals surface area contributed by atoms with Gasteiger partial charge in [0.15, 0.2) is 5.65 Å². The Labute approximate surface area is 187 Å². The number of carbonyl (C=O) groups excluding carboxylic acids is 2. The minimum atomic E-state index is -0.211. The average molecular weight is 433 g/mol. The third-order valence-electron chi connectivity index (χ3n) is 6.36. The SMILES string of the molecule is Cc1nn(C)c2nc(C3CC3)cc(C(=O)N3CCC(NC(=O)Nc4ccccc4)CC3)c12. The van der Waals surface area contributed by atoms with Gasteiger partial charge in [-0.05, 0) is 50.8 Å². The number of fused-ring (bicyclic) bond motifs is 1. The van der Waals surface area contributed by atoms with Crippen molar-refractivity contribution in [1.82, 2.24) is 25.0 Å². The van der Waals surface area contributed by atoms with Gasteiger partial charge in [-0.2, -0.15) is 5.10 Å². The lowest BCUT2D eigenvalue weighted by atomic mass is 10.0. The number of aromatic nitrogens is 3. The first-order chi connectivity index (χ1) is 15.5. The van der Waals surface area contributed by atoms with Crippen molar-refractivity contribution in [2.45, 2.75) is 44.6 Å². The molecule has 0 unspecified atom stereocenters. The molecule has 2 aromatic heterocycles. The van der Waals surface area contributed by atoms with Crippen molar-refractivity contribution in [1.29, 1.82) is 0 Å². The highest BCUT2D eigenvalue weighted by Crippen LogP contribution is 2.40. The van der Waals surface area contributed by atoms with Crippen LogP contribution in [-0.2, 0) is 7.05 Å². The van der Waals surface area contributed by atoms with Crippen LogP contribution in [0.2, 0.25) is 0 Å². The number of hydrogen-bond acceptors (Lipinski definition) is 4. The summed E-state index contributed by atoms with van der Waals surface area (Å²) < 4.78 is 1.77. The first kappa shape index (κ1) is 20.5. The van der Waals surface area contributed by atoms with Crippen molar-refractivity contribution in [3.8, 4) is 0 Å². The highest BCUT2D eigenvalue weighted by molar-refractivity contribution is 6.06. The summed E-state index contributed by atoms with van der Waals surface area (Å²) in [7, 11) is 1.88. The monoisotopic (exact) mass is 432 g/mol. The number of pyridine rings is 1. The molecule has 3 heterocycles. The van der Waals surface area contributed by atoms with Crippen LogP contribution in [0, 0.1) is 6.92 Å². The molecule has 1 aliphatic carbocycles. The van der Waals surface area contributed by atoms with Crippen LogP contribution < -0.4 is 10.6 Å². The number of benzene rings is 1. The maximum atomic E-state index is 13.5. The average Bonchev–Trinajstić information content (AvgIpc) is 3.60. The van der Waals surface area contributed by atoms with Gasteiger partial charge in [0, 0.05) is 43.5 Å². The van der Waals surface area contributed by atoms with Crippen molar-refractivity contribution in [2.24, 2.45) is 7.05 Å². The number of rotatable bonds is 4. The van der Waals surface area contributed by atoms with E-state index in [4.69, 9.17) is 4.98 Å². The Bertz CT molecular complexity index is 1160. The number of aryl methyl sites for hydroxylation is 2. The molecule has 8 heteroatoms. The predicted molar refractivity (Wildman–Crippen MR) is 123 cm³/mol. The second-order valence-electron chi connectivity index (χ2n) is 8.81. The first-order valence-electron chi connectivity index (χ1n) is 11.3. The predicted octanol–water partition coefficient (Wildman–Crippen LogP) is 3.58. The highest BCUT2D eigenvalue weighted by atomic mass is 16.2. The molecule has 0 atom stereocenters. The van der Waals surface area contributed by atoms with Gasteiger partial charge >= 0.3 is 6.03 Å². The first-order valence-corrected chi connectivity index (χ1v) is 11.3. The van der Waals surface area contributed by atoms with E-state index < -0.39 is 0 Å². The summed E-state index contributed by atoms with van der Waals surface area (Å²) in [6, 6.07) is 11.2. The molecule has 1 saturated heterocycles. The standard InChI is InChI=1S/C24H28N6O2/c1-15-21-19(14-20(16-8-9-16)27-22(21)29(2)28-15)23(31)30-12-10-18(11-13-30)26-24(32)25-17-6-4-3-5-7-17/h3-7,14,16,18H,8-13H2,1-2H3,(H2,25,26,32). The maximum Gasteiger partial charge on any atom is 0.319 e. The van der Waals surface area contributed by atoms with Gasteiger partial charge in [-0.1, -0.05) is 18.2 Å². The van der Waals surface area contributed by atoms with Gasteiger partial charge in [-0.25, -0.2) is 9.78 Å². The van der Waals surface area contributed by atoms with E-state index in [1.54, 1.807) is 4.68 Å². The number of piperidine rings is 1. The van der Waals surface area contributed by atoms with Crippen LogP contribution in [0.5, 0.6) is 0 Å². The van der Waals surface area contributed by atoms with Gasteiger partial charge in [0.25, 0.3) is 5.91 Å². The zero-order valence-corrected chi connectivity index (χ0v) is 18.5. The molecule has 2 fully saturated rings. The van der Waals surface area contributed by atoms with E-state index >= 15 is 0 Å². The van der Waals surface area contributed by atoms with Gasteiger partial charge in [-0.3, -0.25) is 9.48 Å². The van der Waals surface area contributed by atoms with Crippen molar-refractivity contribution < 1.29 is 9.59 Å². The molecule has 5 rings (SSSR count). The van der Waals surface area contributed by atoms with Gasteiger partial charge in [-0.15, -0.1) is 0 Å². The van der Waals surface area contributed by atoms with Crippen LogP contribution >= 0.6 is 0 Å². The maximum absolute atomic E-state index is 13.5. The van der Waals surface area contributed by atoms with Gasteiger partial charge in [0.2, 0.25) is 0 Å². The molecule has 0 spiro atoms. The lowest BCUT2D eigenvalue weighted by Crippen LogP contribution is -2.47. The number of para-hydroxylation sites is 1. The summed E-state index contributed by atoms with van der Waals surface area (Å²) in [4.78, 5) is 32.5. The van der Waals surface area contributed by atoms with Gasteiger partial charge in [0.05, 0.1) is 16.6 Å². The Morgan fingerprint density at radius 3 is 2.47 bits per heavy atom. The Morgan fingerprint density at radius 1 is 1.06 bits per heavy atom. The summed E-state index contributed by atoms with van der Waals surface area (Å²) in [6.07, 6.45) is 3.71. The number of anilines is 1. The molecular weight excluding hydrogens is 404 g/mol. The van der Waals surface area contributed by atoms with Gasteiger partial charge in [0.1, 0.15) is 0 Å². The van der Waals surface area contributed by atoms with Crippen LogP contribution in [0.1, 0.15) is 53.3 Å². The molecule has 8 nitrogen and oxygen atoms in total. The van der Waals surface area contributed by atoms with E-state index in [0.717, 1.165) is 53.8 Å². The molecule has 166 valence electrons. The number of amides is 3. The van der Waals surface area contributed by atoms with Crippen LogP contribution in [-0.4, -0.2) is 50.7 Å².